The van der Waals surface area contributed by atoms with Gasteiger partial charge in [-0.1, -0.05) is 200 Å². The van der Waals surface area contributed by atoms with Crippen LogP contribution in [0.5, 0.6) is 0 Å². The van der Waals surface area contributed by atoms with Crippen molar-refractivity contribution in [2.24, 2.45) is 0 Å². The molecule has 11 rings (SSSR count). The Kier molecular flexibility index (Phi) is 8.41. The van der Waals surface area contributed by atoms with Crippen LogP contribution < -0.4 is 0 Å². The van der Waals surface area contributed by atoms with Gasteiger partial charge in [-0.25, -0.2) is 9.97 Å². The van der Waals surface area contributed by atoms with E-state index in [1.54, 1.807) is 0 Å². The van der Waals surface area contributed by atoms with Gasteiger partial charge < -0.3 is 0 Å². The van der Waals surface area contributed by atoms with E-state index in [9.17, 15) is 0 Å². The van der Waals surface area contributed by atoms with Crippen molar-refractivity contribution in [2.75, 3.05) is 0 Å². The molecule has 0 amide bonds. The summed E-state index contributed by atoms with van der Waals surface area (Å²) in [6.07, 6.45) is 0. The SMILES string of the molecule is c1ccc(-c2nc(-c3cccc(-c4cccc(-c5cccc(-c6cccc(C7(c8ccccc8)c8ccccc8-c8ccccc87)c6)c5)c4)c3)c3ccccc3n2)cc1. The van der Waals surface area contributed by atoms with E-state index >= 15 is 0 Å². The van der Waals surface area contributed by atoms with Crippen molar-refractivity contribution in [1.82, 2.24) is 9.97 Å². The maximum Gasteiger partial charge on any atom is 0.160 e. The van der Waals surface area contributed by atoms with E-state index in [0.717, 1.165) is 44.7 Å². The second-order valence-corrected chi connectivity index (χ2v) is 15.3. The highest BCUT2D eigenvalue weighted by Gasteiger charge is 2.45. The second kappa shape index (κ2) is 14.4. The van der Waals surface area contributed by atoms with Crippen LogP contribution in [0.25, 0.3) is 78.1 Å². The molecule has 0 aliphatic heterocycles. The summed E-state index contributed by atoms with van der Waals surface area (Å²) in [5.41, 5.74) is 18.3. The fourth-order valence-electron chi connectivity index (χ4n) is 9.26. The van der Waals surface area contributed by atoms with E-state index in [1.807, 2.05) is 24.3 Å². The Labute approximate surface area is 344 Å². The first-order chi connectivity index (χ1) is 29.2. The molecule has 0 N–H and O–H groups in total. The zero-order valence-corrected chi connectivity index (χ0v) is 32.3. The Balaban J connectivity index is 0.975. The lowest BCUT2D eigenvalue weighted by molar-refractivity contribution is 0.769. The molecule has 0 saturated heterocycles. The molecule has 0 bridgehead atoms. The number of fused-ring (bicyclic) bond motifs is 4. The first-order valence-corrected chi connectivity index (χ1v) is 20.2. The Morgan fingerprint density at radius 2 is 0.712 bits per heavy atom. The van der Waals surface area contributed by atoms with Crippen LogP contribution in [-0.4, -0.2) is 9.97 Å². The first-order valence-electron chi connectivity index (χ1n) is 20.2. The van der Waals surface area contributed by atoms with Crippen molar-refractivity contribution >= 4 is 10.9 Å². The molecule has 1 heterocycles. The van der Waals surface area contributed by atoms with Crippen molar-refractivity contribution in [3.05, 3.63) is 253 Å². The van der Waals surface area contributed by atoms with Crippen LogP contribution in [0.2, 0.25) is 0 Å². The highest BCUT2D eigenvalue weighted by molar-refractivity contribution is 5.94. The molecule has 0 spiro atoms. The highest BCUT2D eigenvalue weighted by Crippen LogP contribution is 2.56. The van der Waals surface area contributed by atoms with Crippen LogP contribution in [0.4, 0.5) is 0 Å². The molecule has 0 saturated carbocycles. The molecule has 10 aromatic rings. The van der Waals surface area contributed by atoms with Crippen molar-refractivity contribution in [1.29, 1.82) is 0 Å². The molecule has 9 aromatic carbocycles. The van der Waals surface area contributed by atoms with Crippen LogP contribution in [-0.2, 0) is 5.41 Å². The lowest BCUT2D eigenvalue weighted by Crippen LogP contribution is -2.28. The summed E-state index contributed by atoms with van der Waals surface area (Å²) >= 11 is 0. The zero-order chi connectivity index (χ0) is 39.2. The summed E-state index contributed by atoms with van der Waals surface area (Å²) in [6, 6.07) is 83.1. The van der Waals surface area contributed by atoms with Gasteiger partial charge in [-0.05, 0) is 97.1 Å². The Morgan fingerprint density at radius 1 is 0.288 bits per heavy atom. The molecule has 0 atom stereocenters. The van der Waals surface area contributed by atoms with Gasteiger partial charge in [0.1, 0.15) is 0 Å². The van der Waals surface area contributed by atoms with Crippen molar-refractivity contribution in [2.45, 2.75) is 5.41 Å². The minimum absolute atomic E-state index is 0.438. The summed E-state index contributed by atoms with van der Waals surface area (Å²) < 4.78 is 0. The number of hydrogen-bond donors (Lipinski definition) is 0. The van der Waals surface area contributed by atoms with Gasteiger partial charge in [-0.3, -0.25) is 0 Å². The Morgan fingerprint density at radius 3 is 1.32 bits per heavy atom. The van der Waals surface area contributed by atoms with Crippen molar-refractivity contribution in [3.8, 4) is 67.2 Å². The molecular formula is C57H38N2. The van der Waals surface area contributed by atoms with E-state index in [2.05, 4.69) is 206 Å². The number of nitrogens with zero attached hydrogens (tertiary/aromatic N) is 2. The quantitative estimate of drug-likeness (QED) is 0.162. The molecule has 59 heavy (non-hydrogen) atoms. The molecule has 0 fully saturated rings. The van der Waals surface area contributed by atoms with Crippen molar-refractivity contribution < 1.29 is 0 Å². The topological polar surface area (TPSA) is 25.8 Å². The Hall–Kier alpha value is -7.68. The van der Waals surface area contributed by atoms with Gasteiger partial charge in [0.25, 0.3) is 0 Å². The summed E-state index contributed by atoms with van der Waals surface area (Å²) in [5.74, 6) is 0.727. The first kappa shape index (κ1) is 34.6. The standard InChI is InChI=1S/C57H38N2/c1-3-17-39(18-4-1)56-58-54-34-12-9-31-51(54)55(59-56)46-25-15-23-44(37-46)42-21-13-19-40(35-42)41-20-14-22-43(36-41)45-24-16-28-48(38-45)57(47-26-5-2-6-27-47)52-32-10-7-29-49(52)50-30-8-11-33-53(50)57/h1-38H. The summed E-state index contributed by atoms with van der Waals surface area (Å²) in [6.45, 7) is 0. The normalized spacial score (nSPS) is 12.5. The molecule has 0 unspecified atom stereocenters. The number of rotatable bonds is 7. The molecule has 1 aliphatic rings. The molecule has 1 aliphatic carbocycles. The minimum atomic E-state index is -0.438. The number of aromatic nitrogens is 2. The van der Waals surface area contributed by atoms with E-state index in [1.165, 1.54) is 55.6 Å². The van der Waals surface area contributed by atoms with E-state index < -0.39 is 5.41 Å². The molecule has 2 nitrogen and oxygen atoms in total. The van der Waals surface area contributed by atoms with Crippen LogP contribution in [0, 0.1) is 0 Å². The van der Waals surface area contributed by atoms with Gasteiger partial charge in [0, 0.05) is 16.5 Å². The predicted molar refractivity (Wildman–Crippen MR) is 244 cm³/mol. The summed E-state index contributed by atoms with van der Waals surface area (Å²) in [4.78, 5) is 10.1. The lowest BCUT2D eigenvalue weighted by Gasteiger charge is -2.34. The van der Waals surface area contributed by atoms with Gasteiger partial charge in [0.15, 0.2) is 5.82 Å². The molecular weight excluding hydrogens is 713 g/mol. The molecule has 276 valence electrons. The van der Waals surface area contributed by atoms with Gasteiger partial charge in [0.05, 0.1) is 16.6 Å². The molecule has 2 heteroatoms. The van der Waals surface area contributed by atoms with Gasteiger partial charge in [0.2, 0.25) is 0 Å². The largest absolute Gasteiger partial charge is 0.228 e. The lowest BCUT2D eigenvalue weighted by atomic mass is 9.67. The minimum Gasteiger partial charge on any atom is -0.228 e. The smallest absolute Gasteiger partial charge is 0.160 e. The number of hydrogen-bond acceptors (Lipinski definition) is 2. The van der Waals surface area contributed by atoms with Crippen molar-refractivity contribution in [3.63, 3.8) is 0 Å². The van der Waals surface area contributed by atoms with Gasteiger partial charge in [-0.2, -0.15) is 0 Å². The number of benzene rings is 9. The third-order valence-corrected chi connectivity index (χ3v) is 12.0. The zero-order valence-electron chi connectivity index (χ0n) is 32.3. The van der Waals surface area contributed by atoms with Gasteiger partial charge in [-0.15, -0.1) is 0 Å². The average molecular weight is 751 g/mol. The van der Waals surface area contributed by atoms with E-state index in [0.29, 0.717) is 0 Å². The van der Waals surface area contributed by atoms with E-state index in [4.69, 9.17) is 9.97 Å². The molecule has 1 aromatic heterocycles. The maximum absolute atomic E-state index is 5.14. The third-order valence-electron chi connectivity index (χ3n) is 12.0. The summed E-state index contributed by atoms with van der Waals surface area (Å²) in [5, 5.41) is 1.04. The average Bonchev–Trinajstić information content (AvgIpc) is 3.63. The van der Waals surface area contributed by atoms with Crippen LogP contribution >= 0.6 is 0 Å². The molecule has 0 radical (unpaired) electrons. The fraction of sp³-hybridized carbons (Fsp3) is 0.0175. The van der Waals surface area contributed by atoms with Gasteiger partial charge >= 0.3 is 0 Å². The fourth-order valence-corrected chi connectivity index (χ4v) is 9.26. The maximum atomic E-state index is 5.14. The Bertz CT molecular complexity index is 3120. The van der Waals surface area contributed by atoms with Crippen LogP contribution in [0.15, 0.2) is 231 Å². The predicted octanol–water partition coefficient (Wildman–Crippen LogP) is 14.3. The highest BCUT2D eigenvalue weighted by atomic mass is 14.9. The summed E-state index contributed by atoms with van der Waals surface area (Å²) in [7, 11) is 0. The second-order valence-electron chi connectivity index (χ2n) is 15.3. The van der Waals surface area contributed by atoms with Crippen LogP contribution in [0.1, 0.15) is 22.3 Å². The number of para-hydroxylation sites is 1. The van der Waals surface area contributed by atoms with Crippen LogP contribution in [0.3, 0.4) is 0 Å². The monoisotopic (exact) mass is 750 g/mol. The third kappa shape index (κ3) is 5.88. The van der Waals surface area contributed by atoms with E-state index in [-0.39, 0.29) is 0 Å².